The standard InChI is InChI=1S/C20H16N4O6/c25-20(11-21-14-3-7-18-19(9-14)29-12-28-18)23-22-10-16-6-8-17(30-16)13-1-4-15(5-2-13)24(26)27/h1-10,21H,11-12H2,(H,23,25)/b22-10+. The fraction of sp³-hybridized carbons (Fsp3) is 0.100. The molecule has 0 unspecified atom stereocenters. The summed E-state index contributed by atoms with van der Waals surface area (Å²) in [6.45, 7) is 0.204. The van der Waals surface area contributed by atoms with Crippen LogP contribution in [0.25, 0.3) is 11.3 Å². The molecule has 0 aliphatic carbocycles. The average molecular weight is 408 g/mol. The highest BCUT2D eigenvalue weighted by molar-refractivity contribution is 5.83. The summed E-state index contributed by atoms with van der Waals surface area (Å²) in [5, 5.41) is 17.5. The summed E-state index contributed by atoms with van der Waals surface area (Å²) < 4.78 is 16.1. The molecule has 10 heteroatoms. The van der Waals surface area contributed by atoms with Gasteiger partial charge in [0.2, 0.25) is 6.79 Å². The fourth-order valence-electron chi connectivity index (χ4n) is 2.72. The molecule has 0 saturated carbocycles. The van der Waals surface area contributed by atoms with Gasteiger partial charge in [-0.25, -0.2) is 5.43 Å². The third-order valence-electron chi connectivity index (χ3n) is 4.20. The van der Waals surface area contributed by atoms with Crippen LogP contribution < -0.4 is 20.2 Å². The number of hydrogen-bond acceptors (Lipinski definition) is 8. The van der Waals surface area contributed by atoms with Crippen LogP contribution in [0.4, 0.5) is 11.4 Å². The van der Waals surface area contributed by atoms with Gasteiger partial charge in [-0.3, -0.25) is 14.9 Å². The van der Waals surface area contributed by atoms with Crippen LogP contribution in [0, 0.1) is 10.1 Å². The Labute approximate surface area is 170 Å². The number of nitro groups is 1. The molecule has 4 rings (SSSR count). The number of nitrogens with one attached hydrogen (secondary N) is 2. The summed E-state index contributed by atoms with van der Waals surface area (Å²) in [6, 6.07) is 14.7. The van der Waals surface area contributed by atoms with Gasteiger partial charge in [0.05, 0.1) is 17.7 Å². The maximum Gasteiger partial charge on any atom is 0.269 e. The highest BCUT2D eigenvalue weighted by atomic mass is 16.7. The van der Waals surface area contributed by atoms with E-state index in [4.69, 9.17) is 13.9 Å². The van der Waals surface area contributed by atoms with E-state index in [2.05, 4.69) is 15.8 Å². The van der Waals surface area contributed by atoms with Crippen molar-refractivity contribution in [2.24, 2.45) is 5.10 Å². The van der Waals surface area contributed by atoms with E-state index in [-0.39, 0.29) is 24.9 Å². The number of fused-ring (bicyclic) bond motifs is 1. The Hall–Kier alpha value is -4.34. The molecule has 2 aromatic carbocycles. The van der Waals surface area contributed by atoms with Crippen LogP contribution in [0.15, 0.2) is 64.1 Å². The molecule has 0 spiro atoms. The molecule has 10 nitrogen and oxygen atoms in total. The number of hydrogen-bond donors (Lipinski definition) is 2. The van der Waals surface area contributed by atoms with Crippen LogP contribution >= 0.6 is 0 Å². The van der Waals surface area contributed by atoms with Crippen LogP contribution in [0.3, 0.4) is 0 Å². The lowest BCUT2D eigenvalue weighted by Crippen LogP contribution is -2.25. The average Bonchev–Trinajstić information content (AvgIpc) is 3.41. The van der Waals surface area contributed by atoms with Crippen molar-refractivity contribution in [3.05, 3.63) is 70.5 Å². The SMILES string of the molecule is O=C(CNc1ccc2c(c1)OCO2)N/N=C/c1ccc(-c2ccc([N+](=O)[O-])cc2)o1. The minimum absolute atomic E-state index is 0.00385. The van der Waals surface area contributed by atoms with Gasteiger partial charge < -0.3 is 19.2 Å². The maximum atomic E-state index is 11.9. The van der Waals surface area contributed by atoms with Gasteiger partial charge in [-0.1, -0.05) is 0 Å². The van der Waals surface area contributed by atoms with Gasteiger partial charge in [0.15, 0.2) is 11.5 Å². The first-order valence-corrected chi connectivity index (χ1v) is 8.88. The highest BCUT2D eigenvalue weighted by Crippen LogP contribution is 2.34. The fourth-order valence-corrected chi connectivity index (χ4v) is 2.72. The number of nitro benzene ring substituents is 1. The van der Waals surface area contributed by atoms with Gasteiger partial charge in [0.1, 0.15) is 11.5 Å². The Morgan fingerprint density at radius 2 is 1.90 bits per heavy atom. The minimum atomic E-state index is -0.464. The predicted molar refractivity (Wildman–Crippen MR) is 108 cm³/mol. The van der Waals surface area contributed by atoms with Crippen LogP contribution in [-0.4, -0.2) is 30.4 Å². The second-order valence-electron chi connectivity index (χ2n) is 6.22. The molecule has 0 fully saturated rings. The van der Waals surface area contributed by atoms with E-state index in [1.54, 1.807) is 42.5 Å². The minimum Gasteiger partial charge on any atom is -0.455 e. The molecular weight excluding hydrogens is 392 g/mol. The van der Waals surface area contributed by atoms with E-state index in [1.165, 1.54) is 18.3 Å². The smallest absolute Gasteiger partial charge is 0.269 e. The Morgan fingerprint density at radius 3 is 2.70 bits per heavy atom. The quantitative estimate of drug-likeness (QED) is 0.349. The van der Waals surface area contributed by atoms with E-state index >= 15 is 0 Å². The number of furan rings is 1. The van der Waals surface area contributed by atoms with E-state index < -0.39 is 4.92 Å². The first-order valence-electron chi connectivity index (χ1n) is 8.88. The molecule has 0 bridgehead atoms. The Morgan fingerprint density at radius 1 is 1.10 bits per heavy atom. The number of hydrazone groups is 1. The number of benzene rings is 2. The van der Waals surface area contributed by atoms with Gasteiger partial charge >= 0.3 is 0 Å². The Kier molecular flexibility index (Phi) is 5.29. The van der Waals surface area contributed by atoms with Crippen LogP contribution in [0.2, 0.25) is 0 Å². The van der Waals surface area contributed by atoms with E-state index in [9.17, 15) is 14.9 Å². The van der Waals surface area contributed by atoms with Crippen molar-refractivity contribution in [2.45, 2.75) is 0 Å². The molecule has 0 saturated heterocycles. The van der Waals surface area contributed by atoms with Crippen LogP contribution in [-0.2, 0) is 4.79 Å². The van der Waals surface area contributed by atoms with E-state index in [0.29, 0.717) is 28.6 Å². The van der Waals surface area contributed by atoms with Crippen molar-refractivity contribution in [3.8, 4) is 22.8 Å². The van der Waals surface area contributed by atoms with Crippen molar-refractivity contribution in [2.75, 3.05) is 18.7 Å². The van der Waals surface area contributed by atoms with Gasteiger partial charge in [0, 0.05) is 29.4 Å². The number of ether oxygens (including phenoxy) is 2. The number of anilines is 1. The zero-order chi connectivity index (χ0) is 20.9. The molecule has 0 radical (unpaired) electrons. The lowest BCUT2D eigenvalue weighted by atomic mass is 10.1. The largest absolute Gasteiger partial charge is 0.455 e. The number of rotatable bonds is 7. The molecule has 1 aromatic heterocycles. The highest BCUT2D eigenvalue weighted by Gasteiger charge is 2.13. The molecule has 2 N–H and O–H groups in total. The molecular formula is C20H16N4O6. The third-order valence-corrected chi connectivity index (χ3v) is 4.20. The summed E-state index contributed by atoms with van der Waals surface area (Å²) in [5.74, 6) is 1.90. The molecule has 1 aliphatic heterocycles. The summed E-state index contributed by atoms with van der Waals surface area (Å²) in [7, 11) is 0. The lowest BCUT2D eigenvalue weighted by Gasteiger charge is -2.06. The lowest BCUT2D eigenvalue weighted by molar-refractivity contribution is -0.384. The second kappa shape index (κ2) is 8.35. The molecule has 0 atom stereocenters. The van der Waals surface area contributed by atoms with Gasteiger partial charge in [0.25, 0.3) is 11.6 Å². The number of non-ortho nitro benzene ring substituents is 1. The Balaban J connectivity index is 1.28. The second-order valence-corrected chi connectivity index (χ2v) is 6.22. The number of carbonyl (C=O) groups excluding carboxylic acids is 1. The molecule has 2 heterocycles. The first-order chi connectivity index (χ1) is 14.6. The Bertz CT molecular complexity index is 1110. The van der Waals surface area contributed by atoms with Gasteiger partial charge in [-0.15, -0.1) is 0 Å². The zero-order valence-corrected chi connectivity index (χ0v) is 15.5. The summed E-state index contributed by atoms with van der Waals surface area (Å²) in [5.41, 5.74) is 3.82. The van der Waals surface area contributed by atoms with Gasteiger partial charge in [-0.05, 0) is 36.4 Å². The molecule has 1 aliphatic rings. The predicted octanol–water partition coefficient (Wildman–Crippen LogP) is 3.15. The summed E-state index contributed by atoms with van der Waals surface area (Å²) >= 11 is 0. The van der Waals surface area contributed by atoms with Crippen LogP contribution in [0.1, 0.15) is 5.76 Å². The van der Waals surface area contributed by atoms with E-state index in [1.807, 2.05) is 0 Å². The summed E-state index contributed by atoms with van der Waals surface area (Å²) in [4.78, 5) is 22.2. The number of nitrogens with zero attached hydrogens (tertiary/aromatic N) is 2. The molecule has 30 heavy (non-hydrogen) atoms. The normalized spacial score (nSPS) is 12.1. The third kappa shape index (κ3) is 4.38. The van der Waals surface area contributed by atoms with Crippen molar-refractivity contribution >= 4 is 23.5 Å². The monoisotopic (exact) mass is 408 g/mol. The van der Waals surface area contributed by atoms with Crippen LogP contribution in [0.5, 0.6) is 11.5 Å². The molecule has 152 valence electrons. The van der Waals surface area contributed by atoms with Gasteiger partial charge in [-0.2, -0.15) is 5.10 Å². The van der Waals surface area contributed by atoms with E-state index in [0.717, 1.165) is 5.69 Å². The summed E-state index contributed by atoms with van der Waals surface area (Å²) in [6.07, 6.45) is 1.37. The molecule has 3 aromatic rings. The first kappa shape index (κ1) is 19.0. The zero-order valence-electron chi connectivity index (χ0n) is 15.5. The topological polar surface area (TPSA) is 128 Å². The van der Waals surface area contributed by atoms with Crippen molar-refractivity contribution < 1.29 is 23.6 Å². The van der Waals surface area contributed by atoms with Crippen molar-refractivity contribution in [1.82, 2.24) is 5.43 Å². The number of amides is 1. The van der Waals surface area contributed by atoms with Crippen molar-refractivity contribution in [3.63, 3.8) is 0 Å². The maximum absolute atomic E-state index is 11.9. The van der Waals surface area contributed by atoms with Crippen molar-refractivity contribution in [1.29, 1.82) is 0 Å². The number of carbonyl (C=O) groups is 1. The molecule has 1 amide bonds.